The van der Waals surface area contributed by atoms with Crippen LogP contribution in [0.15, 0.2) is 41.3 Å². The van der Waals surface area contributed by atoms with E-state index in [0.717, 1.165) is 34.4 Å². The van der Waals surface area contributed by atoms with Gasteiger partial charge in [0.15, 0.2) is 0 Å². The third-order valence-corrected chi connectivity index (χ3v) is 4.38. The highest BCUT2D eigenvalue weighted by Gasteiger charge is 2.22. The summed E-state index contributed by atoms with van der Waals surface area (Å²) >= 11 is 1.67. The minimum absolute atomic E-state index is 0.0466. The first-order valence-corrected chi connectivity index (χ1v) is 8.47. The third-order valence-electron chi connectivity index (χ3n) is 3.61. The number of carbonyl (C=O) groups excluding carboxylic acids is 1. The molecule has 0 saturated carbocycles. The number of carbonyl (C=O) groups is 1. The number of thioether (sulfide) groups is 1. The first kappa shape index (κ1) is 15.9. The Morgan fingerprint density at radius 1 is 1.10 bits per heavy atom. The van der Waals surface area contributed by atoms with Crippen LogP contribution in [0.5, 0.6) is 0 Å². The molecule has 0 heterocycles. The summed E-state index contributed by atoms with van der Waals surface area (Å²) in [5.74, 6) is 0.0466. The zero-order valence-electron chi connectivity index (χ0n) is 13.1. The molecule has 0 aromatic heterocycles. The minimum atomic E-state index is 0.0466. The van der Waals surface area contributed by atoms with Gasteiger partial charge >= 0.3 is 0 Å². The Morgan fingerprint density at radius 2 is 1.76 bits per heavy atom. The molecule has 0 saturated heterocycles. The Hall–Kier alpha value is -1.52. The Bertz CT molecular complexity index is 638. The van der Waals surface area contributed by atoms with E-state index in [1.54, 1.807) is 18.7 Å². The van der Waals surface area contributed by atoms with Crippen LogP contribution in [0.25, 0.3) is 10.8 Å². The molecular formula is C17H22N2OS. The second kappa shape index (κ2) is 6.96. The molecular weight excluding hydrogens is 280 g/mol. The van der Waals surface area contributed by atoms with Crippen LogP contribution in [-0.4, -0.2) is 30.3 Å². The molecule has 1 amide bonds. The van der Waals surface area contributed by atoms with Crippen LogP contribution in [0.1, 0.15) is 20.8 Å². The van der Waals surface area contributed by atoms with Crippen LogP contribution in [0, 0.1) is 0 Å². The highest BCUT2D eigenvalue weighted by Crippen LogP contribution is 2.37. The molecule has 0 bridgehead atoms. The lowest BCUT2D eigenvalue weighted by Gasteiger charge is -2.34. The van der Waals surface area contributed by atoms with Gasteiger partial charge in [-0.2, -0.15) is 0 Å². The molecule has 0 unspecified atom stereocenters. The van der Waals surface area contributed by atoms with Gasteiger partial charge in [-0.25, -0.2) is 10.0 Å². The maximum absolute atomic E-state index is 12.3. The average molecular weight is 302 g/mol. The summed E-state index contributed by atoms with van der Waals surface area (Å²) < 4.78 is 0. The predicted molar refractivity (Wildman–Crippen MR) is 91.8 cm³/mol. The maximum Gasteiger partial charge on any atom is 0.238 e. The van der Waals surface area contributed by atoms with Crippen LogP contribution < -0.4 is 5.01 Å². The molecule has 0 aliphatic heterocycles. The molecule has 0 spiro atoms. The van der Waals surface area contributed by atoms with E-state index >= 15 is 0 Å². The molecule has 112 valence electrons. The van der Waals surface area contributed by atoms with Crippen molar-refractivity contribution in [3.63, 3.8) is 0 Å². The van der Waals surface area contributed by atoms with Crippen molar-refractivity contribution in [2.75, 3.05) is 24.4 Å². The van der Waals surface area contributed by atoms with Gasteiger partial charge in [0.25, 0.3) is 0 Å². The van der Waals surface area contributed by atoms with Gasteiger partial charge in [-0.15, -0.1) is 11.8 Å². The van der Waals surface area contributed by atoms with Gasteiger partial charge in [0.2, 0.25) is 5.91 Å². The van der Waals surface area contributed by atoms with E-state index in [2.05, 4.69) is 43.1 Å². The molecule has 0 N–H and O–H groups in total. The second-order valence-corrected chi connectivity index (χ2v) is 5.66. The Morgan fingerprint density at radius 3 is 2.33 bits per heavy atom. The number of nitrogens with zero attached hydrogens (tertiary/aromatic N) is 2. The van der Waals surface area contributed by atoms with Crippen molar-refractivity contribution in [2.45, 2.75) is 25.7 Å². The van der Waals surface area contributed by atoms with Gasteiger partial charge in [0, 0.05) is 30.3 Å². The van der Waals surface area contributed by atoms with Crippen molar-refractivity contribution < 1.29 is 4.79 Å². The Kier molecular flexibility index (Phi) is 5.26. The summed E-state index contributed by atoms with van der Waals surface area (Å²) in [6, 6.07) is 12.4. The van der Waals surface area contributed by atoms with Crippen molar-refractivity contribution in [3.05, 3.63) is 36.4 Å². The zero-order valence-corrected chi connectivity index (χ0v) is 13.9. The molecule has 2 rings (SSSR count). The number of anilines is 1. The van der Waals surface area contributed by atoms with Crippen molar-refractivity contribution in [3.8, 4) is 0 Å². The van der Waals surface area contributed by atoms with Crippen molar-refractivity contribution in [2.24, 2.45) is 0 Å². The van der Waals surface area contributed by atoms with Gasteiger partial charge in [0.1, 0.15) is 0 Å². The van der Waals surface area contributed by atoms with Crippen molar-refractivity contribution in [1.82, 2.24) is 5.01 Å². The number of benzene rings is 2. The summed E-state index contributed by atoms with van der Waals surface area (Å²) in [5, 5.41) is 6.17. The van der Waals surface area contributed by atoms with E-state index in [4.69, 9.17) is 0 Å². The van der Waals surface area contributed by atoms with Crippen LogP contribution in [0.3, 0.4) is 0 Å². The van der Waals surface area contributed by atoms with Crippen LogP contribution in [0.4, 0.5) is 5.69 Å². The number of amides is 1. The molecule has 2 aromatic rings. The van der Waals surface area contributed by atoms with E-state index < -0.39 is 0 Å². The van der Waals surface area contributed by atoms with Crippen LogP contribution in [0.2, 0.25) is 0 Å². The number of fused-ring (bicyclic) bond motifs is 1. The number of hydrogen-bond donors (Lipinski definition) is 0. The van der Waals surface area contributed by atoms with E-state index in [1.165, 1.54) is 0 Å². The van der Waals surface area contributed by atoms with Crippen LogP contribution >= 0.6 is 11.8 Å². The van der Waals surface area contributed by atoms with E-state index in [1.807, 2.05) is 23.4 Å². The Labute approximate surface area is 130 Å². The summed E-state index contributed by atoms with van der Waals surface area (Å²) in [4.78, 5) is 13.4. The molecule has 2 aromatic carbocycles. The zero-order chi connectivity index (χ0) is 15.4. The highest BCUT2D eigenvalue weighted by molar-refractivity contribution is 7.98. The molecule has 0 fully saturated rings. The smallest absolute Gasteiger partial charge is 0.238 e. The minimum Gasteiger partial charge on any atom is -0.273 e. The predicted octanol–water partition coefficient (Wildman–Crippen LogP) is 4.17. The second-order valence-electron chi connectivity index (χ2n) is 4.81. The molecule has 4 heteroatoms. The highest BCUT2D eigenvalue weighted by atomic mass is 32.2. The average Bonchev–Trinajstić information content (AvgIpc) is 2.51. The van der Waals surface area contributed by atoms with Crippen LogP contribution in [-0.2, 0) is 4.79 Å². The summed E-state index contributed by atoms with van der Waals surface area (Å²) in [5.41, 5.74) is 0.997. The first-order chi connectivity index (χ1) is 10.1. The lowest BCUT2D eigenvalue weighted by molar-refractivity contribution is -0.119. The normalized spacial score (nSPS) is 11.1. The fourth-order valence-corrected chi connectivity index (χ4v) is 3.22. The quantitative estimate of drug-likeness (QED) is 0.612. The van der Waals surface area contributed by atoms with Gasteiger partial charge in [-0.1, -0.05) is 44.2 Å². The molecule has 0 aliphatic carbocycles. The summed E-state index contributed by atoms with van der Waals surface area (Å²) in [6.45, 7) is 7.37. The fourth-order valence-electron chi connectivity index (χ4n) is 2.62. The third kappa shape index (κ3) is 3.06. The monoisotopic (exact) mass is 302 g/mol. The SMILES string of the molecule is CCN(CC)N(C(C)=O)c1c(SC)ccc2ccccc12. The summed E-state index contributed by atoms with van der Waals surface area (Å²) in [7, 11) is 0. The molecule has 0 aliphatic rings. The molecule has 21 heavy (non-hydrogen) atoms. The van der Waals surface area contributed by atoms with Gasteiger partial charge in [-0.3, -0.25) is 4.79 Å². The number of hydrogen-bond acceptors (Lipinski definition) is 3. The fraction of sp³-hybridized carbons (Fsp3) is 0.353. The van der Waals surface area contributed by atoms with Gasteiger partial charge in [-0.05, 0) is 17.7 Å². The topological polar surface area (TPSA) is 23.6 Å². The molecule has 3 nitrogen and oxygen atoms in total. The lowest BCUT2D eigenvalue weighted by atomic mass is 10.1. The van der Waals surface area contributed by atoms with Crippen molar-refractivity contribution >= 4 is 34.1 Å². The molecule has 0 radical (unpaired) electrons. The van der Waals surface area contributed by atoms with Gasteiger partial charge in [0.05, 0.1) is 5.69 Å². The summed E-state index contributed by atoms with van der Waals surface area (Å²) in [6.07, 6.45) is 2.05. The maximum atomic E-state index is 12.3. The standard InChI is InChI=1S/C17H22N2OS/c1-5-18(6-2)19(13(3)20)17-15-10-8-7-9-14(15)11-12-16(17)21-4/h7-12H,5-6H2,1-4H3. The van der Waals surface area contributed by atoms with E-state index in [0.29, 0.717) is 0 Å². The van der Waals surface area contributed by atoms with Crippen molar-refractivity contribution in [1.29, 1.82) is 0 Å². The van der Waals surface area contributed by atoms with Gasteiger partial charge < -0.3 is 0 Å². The number of hydrazine groups is 1. The largest absolute Gasteiger partial charge is 0.273 e. The molecule has 0 atom stereocenters. The lowest BCUT2D eigenvalue weighted by Crippen LogP contribution is -2.46. The van der Waals surface area contributed by atoms with E-state index in [9.17, 15) is 4.79 Å². The Balaban J connectivity index is 2.73. The van der Waals surface area contributed by atoms with E-state index in [-0.39, 0.29) is 5.91 Å². The number of rotatable bonds is 5. The first-order valence-electron chi connectivity index (χ1n) is 7.25.